The van der Waals surface area contributed by atoms with Crippen LogP contribution in [0.25, 0.3) is 0 Å². The van der Waals surface area contributed by atoms with Crippen LogP contribution in [0.2, 0.25) is 0 Å². The van der Waals surface area contributed by atoms with Crippen molar-refractivity contribution in [3.05, 3.63) is 48.3 Å². The van der Waals surface area contributed by atoms with Crippen molar-refractivity contribution in [3.63, 3.8) is 0 Å². The van der Waals surface area contributed by atoms with Crippen molar-refractivity contribution >= 4 is 11.6 Å². The molecular formula is C15H18N4O2. The molecule has 0 bridgehead atoms. The summed E-state index contributed by atoms with van der Waals surface area (Å²) < 4.78 is 5.34. The fourth-order valence-electron chi connectivity index (χ4n) is 2.01. The Morgan fingerprint density at radius 2 is 2.10 bits per heavy atom. The molecule has 110 valence electrons. The van der Waals surface area contributed by atoms with Crippen LogP contribution in [0.1, 0.15) is 16.8 Å². The number of hydrogen-bond acceptors (Lipinski definition) is 5. The zero-order valence-corrected chi connectivity index (χ0v) is 11.9. The van der Waals surface area contributed by atoms with Gasteiger partial charge in [-0.15, -0.1) is 0 Å². The third-order valence-corrected chi connectivity index (χ3v) is 3.04. The van der Waals surface area contributed by atoms with Gasteiger partial charge in [-0.05, 0) is 31.2 Å². The lowest BCUT2D eigenvalue weighted by Crippen LogP contribution is -2.33. The highest BCUT2D eigenvalue weighted by Gasteiger charge is 2.20. The van der Waals surface area contributed by atoms with Gasteiger partial charge in [0.25, 0.3) is 5.91 Å². The number of para-hydroxylation sites is 2. The van der Waals surface area contributed by atoms with Crippen LogP contribution < -0.4 is 15.4 Å². The van der Waals surface area contributed by atoms with Gasteiger partial charge < -0.3 is 15.4 Å². The zero-order valence-electron chi connectivity index (χ0n) is 11.9. The highest BCUT2D eigenvalue weighted by atomic mass is 16.5. The Hall–Kier alpha value is -2.47. The van der Waals surface area contributed by atoms with E-state index in [1.807, 2.05) is 24.3 Å². The lowest BCUT2D eigenvalue weighted by atomic mass is 10.2. The molecule has 0 saturated carbocycles. The van der Waals surface area contributed by atoms with Crippen molar-refractivity contribution in [3.8, 4) is 5.75 Å². The molecule has 1 heterocycles. The summed E-state index contributed by atoms with van der Waals surface area (Å²) in [4.78, 5) is 14.3. The molecule has 0 unspecified atom stereocenters. The van der Waals surface area contributed by atoms with Gasteiger partial charge in [-0.3, -0.25) is 4.79 Å². The Labute approximate surface area is 123 Å². The first kappa shape index (κ1) is 14.9. The minimum Gasteiger partial charge on any atom is -0.495 e. The summed E-state index contributed by atoms with van der Waals surface area (Å²) in [7, 11) is 1.58. The van der Waals surface area contributed by atoms with Crippen molar-refractivity contribution < 1.29 is 9.53 Å². The molecule has 6 nitrogen and oxygen atoms in total. The molecule has 6 heteroatoms. The van der Waals surface area contributed by atoms with Crippen LogP contribution in [0.3, 0.4) is 0 Å². The smallest absolute Gasteiger partial charge is 0.260 e. The number of rotatable bonds is 6. The van der Waals surface area contributed by atoms with Crippen LogP contribution in [0.5, 0.6) is 5.75 Å². The van der Waals surface area contributed by atoms with Gasteiger partial charge in [0.15, 0.2) is 0 Å². The molecule has 0 aliphatic rings. The number of amides is 1. The third kappa shape index (κ3) is 3.55. The van der Waals surface area contributed by atoms with E-state index in [4.69, 9.17) is 10.5 Å². The number of anilines is 1. The fourth-order valence-corrected chi connectivity index (χ4v) is 2.01. The molecule has 0 fully saturated rings. The van der Waals surface area contributed by atoms with Crippen molar-refractivity contribution in [2.45, 2.75) is 6.42 Å². The topological polar surface area (TPSA) is 81.3 Å². The minimum absolute atomic E-state index is 0.150. The normalized spacial score (nSPS) is 10.2. The summed E-state index contributed by atoms with van der Waals surface area (Å²) in [5.74, 6) is 0.493. The molecular weight excluding hydrogens is 268 g/mol. The van der Waals surface area contributed by atoms with Crippen LogP contribution in [-0.4, -0.2) is 36.3 Å². The summed E-state index contributed by atoms with van der Waals surface area (Å²) in [5.41, 5.74) is 6.77. The lowest BCUT2D eigenvalue weighted by molar-refractivity contribution is 0.0985. The molecule has 2 rings (SSSR count). The standard InChI is InChI=1S/C15H18N4O2/c1-21-14-6-3-2-5-13(14)19(10-4-8-16)15(20)12-7-9-17-18-11-12/h2-3,5-7,9,11H,4,8,10,16H2,1H3. The summed E-state index contributed by atoms with van der Waals surface area (Å²) in [6, 6.07) is 9.04. The molecule has 2 N–H and O–H groups in total. The van der Waals surface area contributed by atoms with E-state index in [-0.39, 0.29) is 5.91 Å². The molecule has 1 amide bonds. The van der Waals surface area contributed by atoms with Gasteiger partial charge in [0.2, 0.25) is 0 Å². The second kappa shape index (κ2) is 7.35. The van der Waals surface area contributed by atoms with E-state index >= 15 is 0 Å². The van der Waals surface area contributed by atoms with Crippen LogP contribution >= 0.6 is 0 Å². The molecule has 0 spiro atoms. The Bertz CT molecular complexity index is 589. The van der Waals surface area contributed by atoms with E-state index in [1.165, 1.54) is 12.4 Å². The fraction of sp³-hybridized carbons (Fsp3) is 0.267. The number of hydrogen-bond donors (Lipinski definition) is 1. The van der Waals surface area contributed by atoms with E-state index in [0.717, 1.165) is 5.69 Å². The Balaban J connectivity index is 2.36. The predicted molar refractivity (Wildman–Crippen MR) is 80.4 cm³/mol. The zero-order chi connectivity index (χ0) is 15.1. The van der Waals surface area contributed by atoms with Crippen molar-refractivity contribution in [1.29, 1.82) is 0 Å². The van der Waals surface area contributed by atoms with Crippen molar-refractivity contribution in [2.24, 2.45) is 5.73 Å². The SMILES string of the molecule is COc1ccccc1N(CCCN)C(=O)c1ccnnc1. The molecule has 0 radical (unpaired) electrons. The number of methoxy groups -OCH3 is 1. The average molecular weight is 286 g/mol. The first-order valence-electron chi connectivity index (χ1n) is 6.69. The van der Waals surface area contributed by atoms with Crippen LogP contribution in [-0.2, 0) is 0 Å². The van der Waals surface area contributed by atoms with Crippen molar-refractivity contribution in [1.82, 2.24) is 10.2 Å². The van der Waals surface area contributed by atoms with E-state index in [0.29, 0.717) is 30.8 Å². The van der Waals surface area contributed by atoms with Gasteiger partial charge in [0.1, 0.15) is 5.75 Å². The number of aromatic nitrogens is 2. The molecule has 0 aliphatic heterocycles. The quantitative estimate of drug-likeness (QED) is 0.870. The van der Waals surface area contributed by atoms with Gasteiger partial charge in [0.05, 0.1) is 30.8 Å². The summed E-state index contributed by atoms with van der Waals surface area (Å²) in [6.07, 6.45) is 3.64. The highest BCUT2D eigenvalue weighted by molar-refractivity contribution is 6.06. The van der Waals surface area contributed by atoms with Gasteiger partial charge in [-0.1, -0.05) is 12.1 Å². The van der Waals surface area contributed by atoms with Gasteiger partial charge in [-0.2, -0.15) is 10.2 Å². The average Bonchev–Trinajstić information content (AvgIpc) is 2.56. The van der Waals surface area contributed by atoms with Crippen LogP contribution in [0.15, 0.2) is 42.7 Å². The van der Waals surface area contributed by atoms with E-state index in [2.05, 4.69) is 10.2 Å². The monoisotopic (exact) mass is 286 g/mol. The third-order valence-electron chi connectivity index (χ3n) is 3.04. The molecule has 0 aliphatic carbocycles. The molecule has 1 aromatic carbocycles. The molecule has 2 aromatic rings. The van der Waals surface area contributed by atoms with E-state index < -0.39 is 0 Å². The van der Waals surface area contributed by atoms with E-state index in [9.17, 15) is 4.79 Å². The number of carbonyl (C=O) groups excluding carboxylic acids is 1. The number of nitrogens with zero attached hydrogens (tertiary/aromatic N) is 3. The second-order valence-corrected chi connectivity index (χ2v) is 4.40. The molecule has 21 heavy (non-hydrogen) atoms. The van der Waals surface area contributed by atoms with Crippen LogP contribution in [0.4, 0.5) is 5.69 Å². The van der Waals surface area contributed by atoms with Crippen molar-refractivity contribution in [2.75, 3.05) is 25.1 Å². The maximum atomic E-state index is 12.7. The predicted octanol–water partition coefficient (Wildman–Crippen LogP) is 1.48. The number of nitrogens with two attached hydrogens (primary N) is 1. The number of ether oxygens (including phenoxy) is 1. The van der Waals surface area contributed by atoms with Gasteiger partial charge in [0, 0.05) is 6.54 Å². The van der Waals surface area contributed by atoms with Gasteiger partial charge >= 0.3 is 0 Å². The summed E-state index contributed by atoms with van der Waals surface area (Å²) in [6.45, 7) is 1.02. The second-order valence-electron chi connectivity index (χ2n) is 4.40. The first-order chi connectivity index (χ1) is 10.3. The number of carbonyl (C=O) groups is 1. The maximum absolute atomic E-state index is 12.7. The van der Waals surface area contributed by atoms with Crippen LogP contribution in [0, 0.1) is 0 Å². The molecule has 0 saturated heterocycles. The van der Waals surface area contributed by atoms with Gasteiger partial charge in [-0.25, -0.2) is 0 Å². The minimum atomic E-state index is -0.150. The first-order valence-corrected chi connectivity index (χ1v) is 6.69. The maximum Gasteiger partial charge on any atom is 0.260 e. The highest BCUT2D eigenvalue weighted by Crippen LogP contribution is 2.28. The molecule has 1 aromatic heterocycles. The largest absolute Gasteiger partial charge is 0.495 e. The Morgan fingerprint density at radius 1 is 1.29 bits per heavy atom. The summed E-state index contributed by atoms with van der Waals surface area (Å²) in [5, 5.41) is 7.44. The Morgan fingerprint density at radius 3 is 2.76 bits per heavy atom. The lowest BCUT2D eigenvalue weighted by Gasteiger charge is -2.24. The summed E-state index contributed by atoms with van der Waals surface area (Å²) >= 11 is 0. The number of benzene rings is 1. The Kier molecular flexibility index (Phi) is 5.22. The molecule has 0 atom stereocenters. The van der Waals surface area contributed by atoms with E-state index in [1.54, 1.807) is 18.1 Å².